The first-order chi connectivity index (χ1) is 19.1. The number of nitrogens with zero attached hydrogens (tertiary/aromatic N) is 4. The summed E-state index contributed by atoms with van der Waals surface area (Å²) in [5, 5.41) is 0.326. The molecule has 218 valence electrons. The Balaban J connectivity index is 1.71. The highest BCUT2D eigenvalue weighted by molar-refractivity contribution is 6.33. The highest BCUT2D eigenvalue weighted by Crippen LogP contribution is 2.42. The van der Waals surface area contributed by atoms with E-state index in [4.69, 9.17) is 25.8 Å². The van der Waals surface area contributed by atoms with Crippen molar-refractivity contribution in [2.24, 2.45) is 0 Å². The summed E-state index contributed by atoms with van der Waals surface area (Å²) in [5.41, 5.74) is 0.542. The third kappa shape index (κ3) is 7.91. The fourth-order valence-electron chi connectivity index (χ4n) is 3.95. The summed E-state index contributed by atoms with van der Waals surface area (Å²) in [4.78, 5) is 40.3. The molecule has 0 bridgehead atoms. The minimum atomic E-state index is -0.852. The first-order valence-corrected chi connectivity index (χ1v) is 13.6. The third-order valence-electron chi connectivity index (χ3n) is 5.91. The Kier molecular flexibility index (Phi) is 8.54. The highest BCUT2D eigenvalue weighted by atomic mass is 35.5. The van der Waals surface area contributed by atoms with Crippen LogP contribution in [0.4, 0.5) is 14.0 Å². The number of rotatable bonds is 6. The molecule has 0 spiro atoms. The number of carbonyl (C=O) groups is 2. The van der Waals surface area contributed by atoms with E-state index in [1.807, 2.05) is 0 Å². The summed E-state index contributed by atoms with van der Waals surface area (Å²) in [6.45, 7) is 10.1. The fourth-order valence-corrected chi connectivity index (χ4v) is 4.15. The number of benzene rings is 2. The van der Waals surface area contributed by atoms with E-state index in [1.165, 1.54) is 13.2 Å². The second kappa shape index (κ2) is 11.6. The Morgan fingerprint density at radius 2 is 1.54 bits per heavy atom. The quantitative estimate of drug-likeness (QED) is 0.292. The number of aromatic nitrogens is 3. The van der Waals surface area contributed by atoms with Gasteiger partial charge < -0.3 is 14.2 Å². The summed E-state index contributed by atoms with van der Waals surface area (Å²) >= 11 is 6.57. The van der Waals surface area contributed by atoms with Crippen molar-refractivity contribution in [3.05, 3.63) is 58.4 Å². The maximum atomic E-state index is 14.4. The van der Waals surface area contributed by atoms with Crippen molar-refractivity contribution in [2.75, 3.05) is 7.11 Å². The van der Waals surface area contributed by atoms with Crippen LogP contribution in [0.2, 0.25) is 5.02 Å². The van der Waals surface area contributed by atoms with Gasteiger partial charge in [-0.2, -0.15) is 9.97 Å². The zero-order chi connectivity index (χ0) is 30.1. The smallest absolute Gasteiger partial charge is 0.420 e. The lowest BCUT2D eigenvalue weighted by atomic mass is 10.1. The van der Waals surface area contributed by atoms with Gasteiger partial charge >= 0.3 is 18.2 Å². The van der Waals surface area contributed by atoms with Crippen molar-refractivity contribution in [3.8, 4) is 28.8 Å². The van der Waals surface area contributed by atoms with Crippen molar-refractivity contribution in [3.63, 3.8) is 0 Å². The van der Waals surface area contributed by atoms with Gasteiger partial charge in [0.15, 0.2) is 11.6 Å². The molecule has 1 fully saturated rings. The molecular formula is C30H34ClFN4O5. The van der Waals surface area contributed by atoms with E-state index in [1.54, 1.807) is 71.9 Å². The average molecular weight is 585 g/mol. The van der Waals surface area contributed by atoms with Gasteiger partial charge in [0.2, 0.25) is 0 Å². The van der Waals surface area contributed by atoms with Crippen molar-refractivity contribution in [1.82, 2.24) is 19.9 Å². The summed E-state index contributed by atoms with van der Waals surface area (Å²) in [6.07, 6.45) is 0.182. The Morgan fingerprint density at radius 3 is 2.10 bits per heavy atom. The molecule has 1 aromatic heterocycles. The van der Waals surface area contributed by atoms with Crippen LogP contribution >= 0.6 is 11.6 Å². The highest BCUT2D eigenvalue weighted by Gasteiger charge is 2.32. The Morgan fingerprint density at radius 1 is 0.927 bits per heavy atom. The van der Waals surface area contributed by atoms with E-state index in [-0.39, 0.29) is 30.1 Å². The van der Waals surface area contributed by atoms with Gasteiger partial charge in [-0.15, -0.1) is 0 Å². The lowest BCUT2D eigenvalue weighted by Crippen LogP contribution is -2.43. The lowest BCUT2D eigenvalue weighted by molar-refractivity contribution is -0.000251. The van der Waals surface area contributed by atoms with E-state index < -0.39 is 23.4 Å². The molecule has 0 aliphatic heterocycles. The first kappa shape index (κ1) is 30.2. The average Bonchev–Trinajstić information content (AvgIpc) is 3.71. The number of amides is 2. The van der Waals surface area contributed by atoms with Gasteiger partial charge in [0.1, 0.15) is 17.0 Å². The zero-order valence-corrected chi connectivity index (χ0v) is 25.0. The maximum Gasteiger partial charge on any atom is 0.420 e. The molecule has 1 aliphatic carbocycles. The molecule has 1 saturated carbocycles. The summed E-state index contributed by atoms with van der Waals surface area (Å²) in [6, 6.07) is 9.79. The van der Waals surface area contributed by atoms with Crippen molar-refractivity contribution in [2.45, 2.75) is 78.0 Å². The van der Waals surface area contributed by atoms with E-state index in [2.05, 4.69) is 15.0 Å². The predicted octanol–water partition coefficient (Wildman–Crippen LogP) is 7.56. The van der Waals surface area contributed by atoms with Crippen LogP contribution in [-0.4, -0.2) is 50.4 Å². The van der Waals surface area contributed by atoms with Crippen LogP contribution in [-0.2, 0) is 16.0 Å². The Bertz CT molecular complexity index is 1440. The normalized spacial score (nSPS) is 13.5. The fraction of sp³-hybridized carbons (Fsp3) is 0.433. The summed E-state index contributed by atoms with van der Waals surface area (Å²) in [7, 11) is 1.43. The predicted molar refractivity (Wildman–Crippen MR) is 152 cm³/mol. The Hall–Kier alpha value is -3.79. The Labute approximate surface area is 244 Å². The first-order valence-electron chi connectivity index (χ1n) is 13.3. The van der Waals surface area contributed by atoms with Gasteiger partial charge in [-0.25, -0.2) is 23.9 Å². The third-order valence-corrected chi connectivity index (χ3v) is 6.24. The number of imide groups is 1. The monoisotopic (exact) mass is 584 g/mol. The zero-order valence-electron chi connectivity index (χ0n) is 24.2. The van der Waals surface area contributed by atoms with Crippen LogP contribution < -0.4 is 4.74 Å². The van der Waals surface area contributed by atoms with Crippen LogP contribution in [0.3, 0.4) is 0 Å². The van der Waals surface area contributed by atoms with E-state index in [9.17, 15) is 14.0 Å². The lowest BCUT2D eigenvalue weighted by Gasteiger charge is -2.28. The molecule has 0 atom stereocenters. The largest absolute Gasteiger partial charge is 0.467 e. The minimum Gasteiger partial charge on any atom is -0.467 e. The maximum absolute atomic E-state index is 14.4. The summed E-state index contributed by atoms with van der Waals surface area (Å²) in [5.74, 6) is 0.436. The summed E-state index contributed by atoms with van der Waals surface area (Å²) < 4.78 is 30.7. The number of halogens is 2. The van der Waals surface area contributed by atoms with Crippen molar-refractivity contribution < 1.29 is 28.2 Å². The standard InChI is InChI=1S/C30H34ClFN4O5/c1-29(2,3)40-27(37)36(28(38)41-30(4,5)6)16-17-8-12-22(31)21(14-17)25-33-24(34-26(35-25)39-7)19-11-13-23(32)20(15-19)18-9-10-18/h8,11-15,18H,9-10,16H2,1-7H3. The number of methoxy groups -OCH3 is 1. The van der Waals surface area contributed by atoms with Gasteiger partial charge in [-0.1, -0.05) is 17.7 Å². The van der Waals surface area contributed by atoms with Crippen molar-refractivity contribution >= 4 is 23.8 Å². The molecule has 2 aromatic carbocycles. The minimum absolute atomic E-state index is 0.0490. The van der Waals surface area contributed by atoms with E-state index in [0.717, 1.165) is 17.7 Å². The molecule has 0 saturated heterocycles. The van der Waals surface area contributed by atoms with Crippen LogP contribution in [0.5, 0.6) is 6.01 Å². The molecule has 3 aromatic rings. The molecule has 1 aliphatic rings. The van der Waals surface area contributed by atoms with Crippen LogP contribution in [0.1, 0.15) is 71.4 Å². The number of hydrogen-bond acceptors (Lipinski definition) is 8. The number of carbonyl (C=O) groups excluding carboxylic acids is 2. The van der Waals surface area contributed by atoms with Crippen LogP contribution in [0, 0.1) is 5.82 Å². The van der Waals surface area contributed by atoms with E-state index in [0.29, 0.717) is 33.1 Å². The second-order valence-electron chi connectivity index (χ2n) is 11.8. The van der Waals surface area contributed by atoms with Gasteiger partial charge in [0, 0.05) is 11.1 Å². The molecule has 2 amide bonds. The molecule has 1 heterocycles. The van der Waals surface area contributed by atoms with Gasteiger partial charge in [0.25, 0.3) is 0 Å². The molecule has 41 heavy (non-hydrogen) atoms. The van der Waals surface area contributed by atoms with Crippen LogP contribution in [0.25, 0.3) is 22.8 Å². The van der Waals surface area contributed by atoms with Gasteiger partial charge in [-0.05, 0) is 102 Å². The van der Waals surface area contributed by atoms with Gasteiger partial charge in [-0.3, -0.25) is 0 Å². The van der Waals surface area contributed by atoms with Crippen molar-refractivity contribution in [1.29, 1.82) is 0 Å². The van der Waals surface area contributed by atoms with Crippen LogP contribution in [0.15, 0.2) is 36.4 Å². The molecule has 9 nitrogen and oxygen atoms in total. The molecule has 11 heteroatoms. The number of ether oxygens (including phenoxy) is 3. The molecule has 0 N–H and O–H groups in total. The molecular weight excluding hydrogens is 551 g/mol. The molecule has 4 rings (SSSR count). The number of hydrogen-bond donors (Lipinski definition) is 0. The van der Waals surface area contributed by atoms with E-state index >= 15 is 0 Å². The molecule has 0 unspecified atom stereocenters. The second-order valence-corrected chi connectivity index (χ2v) is 12.2. The topological polar surface area (TPSA) is 104 Å². The SMILES string of the molecule is COc1nc(-c2ccc(F)c(C3CC3)c2)nc(-c2cc(CN(C(=O)OC(C)(C)C)C(=O)OC(C)(C)C)ccc2Cl)n1. The molecule has 0 radical (unpaired) electrons. The van der Waals surface area contributed by atoms with Gasteiger partial charge in [0.05, 0.1) is 18.7 Å².